The Morgan fingerprint density at radius 2 is 1.97 bits per heavy atom. The third kappa shape index (κ3) is 5.25. The highest BCUT2D eigenvalue weighted by Crippen LogP contribution is 2.21. The molecule has 0 saturated heterocycles. The molecule has 3 rings (SSSR count). The number of hydrogen-bond donors (Lipinski definition) is 0. The fourth-order valence-corrected chi connectivity index (χ4v) is 3.74. The van der Waals surface area contributed by atoms with Crippen LogP contribution in [0.1, 0.15) is 52.5 Å². The van der Waals surface area contributed by atoms with Crippen molar-refractivity contribution in [1.82, 2.24) is 9.88 Å². The number of aromatic nitrogens is 1. The van der Waals surface area contributed by atoms with E-state index in [1.54, 1.807) is 17.0 Å². The molecular formula is C24H27FN2O2S. The van der Waals surface area contributed by atoms with Crippen LogP contribution in [0.25, 0.3) is 0 Å². The van der Waals surface area contributed by atoms with E-state index >= 15 is 0 Å². The number of halogens is 1. The second-order valence-electron chi connectivity index (χ2n) is 7.44. The number of carbonyl (C=O) groups excluding carboxylic acids is 1. The van der Waals surface area contributed by atoms with E-state index in [4.69, 9.17) is 4.74 Å². The van der Waals surface area contributed by atoms with Crippen molar-refractivity contribution in [3.05, 3.63) is 81.1 Å². The monoisotopic (exact) mass is 426 g/mol. The number of rotatable bonds is 8. The van der Waals surface area contributed by atoms with Crippen molar-refractivity contribution in [3.63, 3.8) is 0 Å². The van der Waals surface area contributed by atoms with Crippen LogP contribution in [-0.4, -0.2) is 21.8 Å². The van der Waals surface area contributed by atoms with Gasteiger partial charge in [-0.25, -0.2) is 9.37 Å². The summed E-state index contributed by atoms with van der Waals surface area (Å²) >= 11 is 1.50. The standard InChI is InChI=1S/C24H27FN2O2S/c1-5-18(4)27(24(28)21-8-6-7-9-22(21)25)13-19-15-30-23(26-19)14-29-20-11-10-16(2)17(3)12-20/h6-12,15,18H,5,13-14H2,1-4H3. The average Bonchev–Trinajstić information content (AvgIpc) is 3.20. The second-order valence-corrected chi connectivity index (χ2v) is 8.38. The maximum Gasteiger partial charge on any atom is 0.257 e. The van der Waals surface area contributed by atoms with Crippen molar-refractivity contribution >= 4 is 17.2 Å². The van der Waals surface area contributed by atoms with Crippen LogP contribution in [0.3, 0.4) is 0 Å². The summed E-state index contributed by atoms with van der Waals surface area (Å²) in [4.78, 5) is 19.3. The van der Waals surface area contributed by atoms with E-state index in [-0.39, 0.29) is 17.5 Å². The van der Waals surface area contributed by atoms with Crippen LogP contribution in [0.15, 0.2) is 47.8 Å². The first-order valence-electron chi connectivity index (χ1n) is 10.1. The Morgan fingerprint density at radius 3 is 2.67 bits per heavy atom. The van der Waals surface area contributed by atoms with Gasteiger partial charge in [0.25, 0.3) is 5.91 Å². The molecule has 0 spiro atoms. The zero-order chi connectivity index (χ0) is 21.7. The van der Waals surface area contributed by atoms with Crippen LogP contribution in [-0.2, 0) is 13.2 Å². The Labute approximate surface area is 181 Å². The molecule has 4 nitrogen and oxygen atoms in total. The molecule has 1 aromatic heterocycles. The second kappa shape index (κ2) is 9.85. The number of hydrogen-bond acceptors (Lipinski definition) is 4. The quantitative estimate of drug-likeness (QED) is 0.449. The molecule has 1 atom stereocenters. The molecule has 3 aromatic rings. The summed E-state index contributed by atoms with van der Waals surface area (Å²) in [5, 5.41) is 2.77. The molecule has 0 aliphatic carbocycles. The molecule has 2 aromatic carbocycles. The minimum Gasteiger partial charge on any atom is -0.486 e. The summed E-state index contributed by atoms with van der Waals surface area (Å²) in [6.45, 7) is 8.81. The van der Waals surface area contributed by atoms with Crippen LogP contribution in [0.5, 0.6) is 5.75 Å². The molecule has 30 heavy (non-hydrogen) atoms. The molecule has 158 valence electrons. The first-order chi connectivity index (χ1) is 14.4. The van der Waals surface area contributed by atoms with Gasteiger partial charge in [-0.2, -0.15) is 0 Å². The number of thiazole rings is 1. The first kappa shape index (κ1) is 22.0. The SMILES string of the molecule is CCC(C)N(Cc1csc(COc2ccc(C)c(C)c2)n1)C(=O)c1ccccc1F. The van der Waals surface area contributed by atoms with E-state index in [1.807, 2.05) is 37.4 Å². The lowest BCUT2D eigenvalue weighted by Gasteiger charge is -2.28. The molecule has 1 unspecified atom stereocenters. The number of aryl methyl sites for hydroxylation is 2. The molecule has 0 bridgehead atoms. The summed E-state index contributed by atoms with van der Waals surface area (Å²) in [6.07, 6.45) is 0.771. The van der Waals surface area contributed by atoms with Crippen LogP contribution in [0.4, 0.5) is 4.39 Å². The summed E-state index contributed by atoms with van der Waals surface area (Å²) < 4.78 is 20.0. The summed E-state index contributed by atoms with van der Waals surface area (Å²) in [7, 11) is 0. The van der Waals surface area contributed by atoms with Gasteiger partial charge < -0.3 is 9.64 Å². The third-order valence-corrected chi connectivity index (χ3v) is 6.13. The number of ether oxygens (including phenoxy) is 1. The van der Waals surface area contributed by atoms with Gasteiger partial charge >= 0.3 is 0 Å². The highest BCUT2D eigenvalue weighted by Gasteiger charge is 2.24. The molecular weight excluding hydrogens is 399 g/mol. The van der Waals surface area contributed by atoms with Crippen molar-refractivity contribution in [1.29, 1.82) is 0 Å². The number of benzene rings is 2. The average molecular weight is 427 g/mol. The molecule has 0 fully saturated rings. The van der Waals surface area contributed by atoms with E-state index in [2.05, 4.69) is 18.8 Å². The predicted octanol–water partition coefficient (Wildman–Crippen LogP) is 5.92. The fourth-order valence-electron chi connectivity index (χ4n) is 3.05. The van der Waals surface area contributed by atoms with E-state index in [0.29, 0.717) is 13.2 Å². The molecule has 6 heteroatoms. The topological polar surface area (TPSA) is 42.4 Å². The zero-order valence-corrected chi connectivity index (χ0v) is 18.6. The lowest BCUT2D eigenvalue weighted by atomic mass is 10.1. The maximum absolute atomic E-state index is 14.1. The summed E-state index contributed by atoms with van der Waals surface area (Å²) in [5.74, 6) is -0.00856. The smallest absolute Gasteiger partial charge is 0.257 e. The summed E-state index contributed by atoms with van der Waals surface area (Å²) in [6, 6.07) is 12.1. The van der Waals surface area contributed by atoms with Gasteiger partial charge in [0.1, 0.15) is 23.2 Å². The lowest BCUT2D eigenvalue weighted by Crippen LogP contribution is -2.38. The van der Waals surface area contributed by atoms with Crippen molar-refractivity contribution in [2.24, 2.45) is 0 Å². The van der Waals surface area contributed by atoms with E-state index < -0.39 is 5.82 Å². The van der Waals surface area contributed by atoms with Gasteiger partial charge in [-0.1, -0.05) is 25.1 Å². The van der Waals surface area contributed by atoms with Gasteiger partial charge in [-0.3, -0.25) is 4.79 Å². The highest BCUT2D eigenvalue weighted by molar-refractivity contribution is 7.09. The molecule has 0 aliphatic heterocycles. The molecule has 0 aliphatic rings. The minimum absolute atomic E-state index is 0.0333. The van der Waals surface area contributed by atoms with Gasteiger partial charge in [0.15, 0.2) is 0 Å². The Morgan fingerprint density at radius 1 is 1.20 bits per heavy atom. The Hall–Kier alpha value is -2.73. The van der Waals surface area contributed by atoms with Crippen molar-refractivity contribution in [2.75, 3.05) is 0 Å². The molecule has 0 radical (unpaired) electrons. The predicted molar refractivity (Wildman–Crippen MR) is 118 cm³/mol. The number of nitrogens with zero attached hydrogens (tertiary/aromatic N) is 2. The fraction of sp³-hybridized carbons (Fsp3) is 0.333. The van der Waals surface area contributed by atoms with Crippen LogP contribution in [0.2, 0.25) is 0 Å². The molecule has 1 heterocycles. The zero-order valence-electron chi connectivity index (χ0n) is 17.8. The Balaban J connectivity index is 1.70. The normalized spacial score (nSPS) is 11.9. The lowest BCUT2D eigenvalue weighted by molar-refractivity contribution is 0.0664. The van der Waals surface area contributed by atoms with Gasteiger partial charge in [0.05, 0.1) is 17.8 Å². The molecule has 0 saturated carbocycles. The van der Waals surface area contributed by atoms with Crippen LogP contribution < -0.4 is 4.74 Å². The van der Waals surface area contributed by atoms with Gasteiger partial charge in [-0.15, -0.1) is 11.3 Å². The van der Waals surface area contributed by atoms with Crippen molar-refractivity contribution < 1.29 is 13.9 Å². The number of amides is 1. The first-order valence-corrected chi connectivity index (χ1v) is 11.0. The highest BCUT2D eigenvalue weighted by atomic mass is 32.1. The minimum atomic E-state index is -0.503. The van der Waals surface area contributed by atoms with Crippen LogP contribution in [0, 0.1) is 19.7 Å². The van der Waals surface area contributed by atoms with E-state index in [9.17, 15) is 9.18 Å². The Kier molecular flexibility index (Phi) is 7.21. The van der Waals surface area contributed by atoms with Crippen molar-refractivity contribution in [2.45, 2.75) is 53.3 Å². The van der Waals surface area contributed by atoms with E-state index in [1.165, 1.54) is 34.6 Å². The summed E-state index contributed by atoms with van der Waals surface area (Å²) in [5.41, 5.74) is 3.28. The van der Waals surface area contributed by atoms with E-state index in [0.717, 1.165) is 22.9 Å². The third-order valence-electron chi connectivity index (χ3n) is 5.26. The Bertz CT molecular complexity index is 1020. The van der Waals surface area contributed by atoms with Gasteiger partial charge in [-0.05, 0) is 62.6 Å². The van der Waals surface area contributed by atoms with Crippen molar-refractivity contribution in [3.8, 4) is 5.75 Å². The van der Waals surface area contributed by atoms with Gasteiger partial charge in [0, 0.05) is 11.4 Å². The largest absolute Gasteiger partial charge is 0.486 e. The number of carbonyl (C=O) groups is 1. The van der Waals surface area contributed by atoms with Crippen LogP contribution >= 0.6 is 11.3 Å². The van der Waals surface area contributed by atoms with Gasteiger partial charge in [0.2, 0.25) is 0 Å². The maximum atomic E-state index is 14.1. The molecule has 0 N–H and O–H groups in total. The molecule has 1 amide bonds.